The highest BCUT2D eigenvalue weighted by atomic mass is 32.2. The molecule has 0 aromatic heterocycles. The van der Waals surface area contributed by atoms with E-state index in [1.807, 2.05) is 26.0 Å². The fraction of sp³-hybridized carbons (Fsp3) is 0.682. The van der Waals surface area contributed by atoms with Gasteiger partial charge in [0.1, 0.15) is 0 Å². The van der Waals surface area contributed by atoms with Crippen molar-refractivity contribution in [3.8, 4) is 0 Å². The summed E-state index contributed by atoms with van der Waals surface area (Å²) in [6.45, 7) is 14.5. The van der Waals surface area contributed by atoms with Gasteiger partial charge in [-0.25, -0.2) is 13.1 Å². The summed E-state index contributed by atoms with van der Waals surface area (Å²) in [5.74, 6) is 0.640. The van der Waals surface area contributed by atoms with E-state index in [0.29, 0.717) is 38.1 Å². The zero-order valence-corrected chi connectivity index (χ0v) is 19.5. The molecule has 0 radical (unpaired) electrons. The molecule has 7 heteroatoms. The van der Waals surface area contributed by atoms with Crippen molar-refractivity contribution in [3.63, 3.8) is 0 Å². The van der Waals surface area contributed by atoms with Gasteiger partial charge in [0.15, 0.2) is 0 Å². The number of carbonyl (C=O) groups is 1. The molecule has 6 nitrogen and oxygen atoms in total. The minimum atomic E-state index is -3.34. The zero-order valence-electron chi connectivity index (χ0n) is 18.6. The molecule has 0 unspecified atom stereocenters. The van der Waals surface area contributed by atoms with Crippen LogP contribution in [0.5, 0.6) is 0 Å². The molecular weight excluding hydrogens is 388 g/mol. The van der Waals surface area contributed by atoms with E-state index in [4.69, 9.17) is 4.74 Å². The van der Waals surface area contributed by atoms with Gasteiger partial charge in [0.25, 0.3) is 0 Å². The Kier molecular flexibility index (Phi) is 10.3. The Hall–Kier alpha value is -1.44. The number of ether oxygens (including phenoxy) is 1. The second-order valence-corrected chi connectivity index (χ2v) is 11.4. The summed E-state index contributed by atoms with van der Waals surface area (Å²) in [7, 11) is -3.34. The predicted molar refractivity (Wildman–Crippen MR) is 119 cm³/mol. The van der Waals surface area contributed by atoms with Crippen molar-refractivity contribution in [3.05, 3.63) is 35.6 Å². The van der Waals surface area contributed by atoms with Crippen LogP contribution < -0.4 is 10.0 Å². The third-order valence-electron chi connectivity index (χ3n) is 4.58. The minimum Gasteiger partial charge on any atom is -0.377 e. The smallest absolute Gasteiger partial charge is 0.224 e. The number of sulfonamides is 1. The summed E-state index contributed by atoms with van der Waals surface area (Å²) < 4.78 is 31.4. The van der Waals surface area contributed by atoms with E-state index in [9.17, 15) is 13.2 Å². The van der Waals surface area contributed by atoms with Crippen LogP contribution in [0.15, 0.2) is 35.6 Å². The first-order valence-corrected chi connectivity index (χ1v) is 11.8. The average molecular weight is 427 g/mol. The summed E-state index contributed by atoms with van der Waals surface area (Å²) in [6, 6.07) is 0. The molecule has 166 valence electrons. The Labute approximate surface area is 176 Å². The van der Waals surface area contributed by atoms with E-state index < -0.39 is 14.8 Å². The fourth-order valence-electron chi connectivity index (χ4n) is 2.28. The Morgan fingerprint density at radius 3 is 2.38 bits per heavy atom. The van der Waals surface area contributed by atoms with Gasteiger partial charge < -0.3 is 10.1 Å². The predicted octanol–water partition coefficient (Wildman–Crippen LogP) is 3.82. The molecule has 0 aromatic carbocycles. The zero-order chi connectivity index (χ0) is 22.1. The molecule has 29 heavy (non-hydrogen) atoms. The van der Waals surface area contributed by atoms with Crippen molar-refractivity contribution in [1.29, 1.82) is 0 Å². The number of unbranched alkanes of at least 4 members (excludes halogenated alkanes) is 1. The van der Waals surface area contributed by atoms with E-state index in [-0.39, 0.29) is 5.91 Å². The summed E-state index contributed by atoms with van der Waals surface area (Å²) in [6.07, 6.45) is 7.88. The molecule has 0 spiro atoms. The molecule has 1 aliphatic carbocycles. The molecule has 1 fully saturated rings. The maximum absolute atomic E-state index is 12.2. The molecule has 0 aliphatic heterocycles. The van der Waals surface area contributed by atoms with E-state index in [1.54, 1.807) is 20.8 Å². The number of rotatable bonds is 13. The lowest BCUT2D eigenvalue weighted by molar-refractivity contribution is -0.120. The van der Waals surface area contributed by atoms with Gasteiger partial charge in [0.05, 0.1) is 11.4 Å². The number of amides is 1. The highest BCUT2D eigenvalue weighted by Gasteiger charge is 2.28. The Morgan fingerprint density at radius 2 is 1.83 bits per heavy atom. The number of nitrogens with one attached hydrogen (secondary N) is 2. The Bertz CT molecular complexity index is 726. The van der Waals surface area contributed by atoms with Gasteiger partial charge in [-0.15, -0.1) is 0 Å². The number of carbonyl (C=O) groups excluding carboxylic acids is 1. The molecule has 0 saturated heterocycles. The van der Waals surface area contributed by atoms with Crippen LogP contribution in [0.3, 0.4) is 0 Å². The molecule has 0 heterocycles. The quantitative estimate of drug-likeness (QED) is 0.346. The first kappa shape index (κ1) is 25.6. The molecule has 1 aliphatic rings. The van der Waals surface area contributed by atoms with Crippen molar-refractivity contribution in [2.45, 2.75) is 71.5 Å². The number of allylic oxidation sites excluding steroid dienone is 3. The second kappa shape index (κ2) is 11.7. The topological polar surface area (TPSA) is 84.5 Å². The lowest BCUT2D eigenvalue weighted by Crippen LogP contribution is -2.39. The summed E-state index contributed by atoms with van der Waals surface area (Å²) >= 11 is 0. The van der Waals surface area contributed by atoms with Gasteiger partial charge in [-0.3, -0.25) is 4.79 Å². The van der Waals surface area contributed by atoms with Crippen LogP contribution in [0, 0.1) is 5.92 Å². The summed E-state index contributed by atoms with van der Waals surface area (Å²) in [4.78, 5) is 12.2. The second-order valence-electron chi connectivity index (χ2n) is 8.85. The molecule has 1 amide bonds. The third kappa shape index (κ3) is 10.8. The van der Waals surface area contributed by atoms with Crippen LogP contribution in [0.4, 0.5) is 0 Å². The van der Waals surface area contributed by atoms with Crippen LogP contribution in [0.2, 0.25) is 0 Å². The minimum absolute atomic E-state index is 0.103. The maximum Gasteiger partial charge on any atom is 0.224 e. The maximum atomic E-state index is 12.2. The van der Waals surface area contributed by atoms with Gasteiger partial charge in [-0.2, -0.15) is 0 Å². The van der Waals surface area contributed by atoms with Gasteiger partial charge in [-0.1, -0.05) is 12.7 Å². The van der Waals surface area contributed by atoms with E-state index >= 15 is 0 Å². The van der Waals surface area contributed by atoms with Gasteiger partial charge in [0, 0.05) is 25.3 Å². The SMILES string of the molecule is C=C(C)/C(=C\C=C(\C)COCC1CC1)NC(=O)CCCCNS(=O)(=O)C(C)(C)C. The highest BCUT2D eigenvalue weighted by molar-refractivity contribution is 7.90. The normalized spacial score (nSPS) is 16.0. The molecular formula is C22H38N2O4S. The monoisotopic (exact) mass is 426 g/mol. The van der Waals surface area contributed by atoms with Gasteiger partial charge in [-0.05, 0) is 83.4 Å². The van der Waals surface area contributed by atoms with E-state index in [0.717, 1.165) is 23.7 Å². The van der Waals surface area contributed by atoms with E-state index in [1.165, 1.54) is 12.8 Å². The molecule has 0 atom stereocenters. The van der Waals surface area contributed by atoms with E-state index in [2.05, 4.69) is 16.6 Å². The summed E-state index contributed by atoms with van der Waals surface area (Å²) in [5.41, 5.74) is 2.55. The van der Waals surface area contributed by atoms with Crippen LogP contribution in [0.1, 0.15) is 66.7 Å². The third-order valence-corrected chi connectivity index (χ3v) is 6.77. The largest absolute Gasteiger partial charge is 0.377 e. The number of hydrogen-bond acceptors (Lipinski definition) is 4. The average Bonchev–Trinajstić information content (AvgIpc) is 3.41. The molecule has 1 saturated carbocycles. The lowest BCUT2D eigenvalue weighted by atomic mass is 10.2. The molecule has 0 bridgehead atoms. The van der Waals surface area contributed by atoms with Crippen molar-refractivity contribution in [2.75, 3.05) is 19.8 Å². The number of hydrogen-bond donors (Lipinski definition) is 2. The first-order valence-electron chi connectivity index (χ1n) is 10.3. The summed E-state index contributed by atoms with van der Waals surface area (Å²) in [5, 5.41) is 2.89. The standard InChI is InChI=1S/C22H38N2O4S/c1-17(2)20(13-10-18(3)15-28-16-19-11-12-19)24-21(25)9-7-8-14-23-29(26,27)22(4,5)6/h10,13,19,23H,1,7-9,11-12,14-16H2,2-6H3,(H,24,25)/b18-10-,20-13+. The molecule has 0 aromatic rings. The van der Waals surface area contributed by atoms with Crippen LogP contribution in [-0.2, 0) is 19.6 Å². The first-order chi connectivity index (χ1) is 13.4. The highest BCUT2D eigenvalue weighted by Crippen LogP contribution is 2.28. The van der Waals surface area contributed by atoms with Crippen molar-refractivity contribution < 1.29 is 17.9 Å². The lowest BCUT2D eigenvalue weighted by Gasteiger charge is -2.19. The molecule has 2 N–H and O–H groups in total. The Balaban J connectivity index is 2.36. The molecule has 1 rings (SSSR count). The fourth-order valence-corrected chi connectivity index (χ4v) is 3.13. The Morgan fingerprint density at radius 1 is 1.17 bits per heavy atom. The van der Waals surface area contributed by atoms with Crippen LogP contribution >= 0.6 is 0 Å². The van der Waals surface area contributed by atoms with Crippen LogP contribution in [-0.4, -0.2) is 38.8 Å². The van der Waals surface area contributed by atoms with Gasteiger partial charge in [0.2, 0.25) is 15.9 Å². The van der Waals surface area contributed by atoms with Crippen molar-refractivity contribution >= 4 is 15.9 Å². The van der Waals surface area contributed by atoms with Crippen molar-refractivity contribution in [2.24, 2.45) is 5.92 Å². The van der Waals surface area contributed by atoms with Crippen molar-refractivity contribution in [1.82, 2.24) is 10.0 Å². The van der Waals surface area contributed by atoms with Crippen LogP contribution in [0.25, 0.3) is 0 Å². The van der Waals surface area contributed by atoms with Gasteiger partial charge >= 0.3 is 0 Å².